The van der Waals surface area contributed by atoms with Gasteiger partial charge in [0.1, 0.15) is 5.56 Å². The molecule has 6 nitrogen and oxygen atoms in total. The number of nitrogens with zero attached hydrogens (tertiary/aromatic N) is 1. The fraction of sp³-hybridized carbons (Fsp3) is 0.286. The molecule has 1 fully saturated rings. The molecule has 1 saturated heterocycles. The Labute approximate surface area is 114 Å². The van der Waals surface area contributed by atoms with E-state index in [1.165, 1.54) is 0 Å². The number of nitrogens with two attached hydrogens (primary N) is 1. The first-order chi connectivity index (χ1) is 9.59. The maximum atomic E-state index is 12.1. The molecular formula is C14H15N3O3. The third kappa shape index (κ3) is 1.85. The summed E-state index contributed by atoms with van der Waals surface area (Å²) in [6, 6.07) is 7.18. The third-order valence-corrected chi connectivity index (χ3v) is 3.69. The molecule has 1 aromatic heterocycles. The number of carbonyl (C=O) groups is 1. The van der Waals surface area contributed by atoms with Gasteiger partial charge in [0, 0.05) is 11.9 Å². The normalized spacial score (nSPS) is 18.6. The number of anilines is 1. The van der Waals surface area contributed by atoms with Gasteiger partial charge in [-0.25, -0.2) is 4.79 Å². The van der Waals surface area contributed by atoms with Crippen LogP contribution in [-0.2, 0) is 0 Å². The Morgan fingerprint density at radius 2 is 2.15 bits per heavy atom. The van der Waals surface area contributed by atoms with Crippen molar-refractivity contribution in [3.63, 3.8) is 0 Å². The number of rotatable bonds is 2. The number of carboxylic acid groups (broad SMARTS) is 1. The number of aromatic nitrogens is 1. The number of pyridine rings is 1. The second kappa shape index (κ2) is 4.64. The molecular weight excluding hydrogens is 258 g/mol. The summed E-state index contributed by atoms with van der Waals surface area (Å²) in [7, 11) is 0. The highest BCUT2D eigenvalue weighted by Gasteiger charge is 2.29. The van der Waals surface area contributed by atoms with Crippen LogP contribution in [-0.4, -0.2) is 28.8 Å². The predicted molar refractivity (Wildman–Crippen MR) is 76.1 cm³/mol. The van der Waals surface area contributed by atoms with Crippen LogP contribution in [0.5, 0.6) is 0 Å². The predicted octanol–water partition coefficient (Wildman–Crippen LogP) is 1.11. The van der Waals surface area contributed by atoms with Gasteiger partial charge in [-0.1, -0.05) is 18.2 Å². The summed E-state index contributed by atoms with van der Waals surface area (Å²) in [5.41, 5.74) is 6.27. The number of H-pyrrole nitrogens is 1. The van der Waals surface area contributed by atoms with E-state index in [1.807, 2.05) is 11.0 Å². The maximum Gasteiger partial charge on any atom is 0.343 e. The average molecular weight is 273 g/mol. The van der Waals surface area contributed by atoms with Gasteiger partial charge in [-0.3, -0.25) is 4.79 Å². The Morgan fingerprint density at radius 1 is 1.40 bits per heavy atom. The van der Waals surface area contributed by atoms with Crippen molar-refractivity contribution in [2.45, 2.75) is 19.0 Å². The minimum atomic E-state index is -1.23. The first-order valence-electron chi connectivity index (χ1n) is 6.50. The van der Waals surface area contributed by atoms with Gasteiger partial charge in [-0.05, 0) is 18.9 Å². The average Bonchev–Trinajstić information content (AvgIpc) is 2.82. The number of carboxylic acids is 1. The van der Waals surface area contributed by atoms with Gasteiger partial charge in [-0.15, -0.1) is 0 Å². The highest BCUT2D eigenvalue weighted by atomic mass is 16.4. The standard InChI is InChI=1S/C14H15N3O3/c15-10-6-3-7-17(10)12-8-4-1-2-5-9(8)16-13(18)11(12)14(19)20/h1-2,4-5,10H,3,6-7,15H2,(H,16,18)(H,19,20). The second-order valence-corrected chi connectivity index (χ2v) is 4.93. The number of aromatic amines is 1. The topological polar surface area (TPSA) is 99.4 Å². The summed E-state index contributed by atoms with van der Waals surface area (Å²) in [6.45, 7) is 0.662. The number of benzene rings is 1. The molecule has 20 heavy (non-hydrogen) atoms. The highest BCUT2D eigenvalue weighted by Crippen LogP contribution is 2.31. The molecule has 2 aromatic rings. The van der Waals surface area contributed by atoms with Crippen LogP contribution in [0, 0.1) is 0 Å². The highest BCUT2D eigenvalue weighted by molar-refractivity contribution is 6.04. The number of aromatic carboxylic acids is 1. The van der Waals surface area contributed by atoms with E-state index in [2.05, 4.69) is 4.98 Å². The third-order valence-electron chi connectivity index (χ3n) is 3.69. The van der Waals surface area contributed by atoms with E-state index < -0.39 is 11.5 Å². The second-order valence-electron chi connectivity index (χ2n) is 4.93. The van der Waals surface area contributed by atoms with Crippen molar-refractivity contribution in [1.82, 2.24) is 4.98 Å². The Bertz CT molecular complexity index is 738. The van der Waals surface area contributed by atoms with E-state index in [1.54, 1.807) is 18.2 Å². The molecule has 3 rings (SSSR count). The Morgan fingerprint density at radius 3 is 2.80 bits per heavy atom. The summed E-state index contributed by atoms with van der Waals surface area (Å²) in [5.74, 6) is -1.23. The van der Waals surface area contributed by atoms with Crippen LogP contribution in [0.15, 0.2) is 29.1 Å². The molecule has 1 aromatic carbocycles. The number of fused-ring (bicyclic) bond motifs is 1. The molecule has 2 heterocycles. The lowest BCUT2D eigenvalue weighted by Crippen LogP contribution is -2.39. The van der Waals surface area contributed by atoms with Crippen molar-refractivity contribution < 1.29 is 9.90 Å². The molecule has 0 aliphatic carbocycles. The number of nitrogens with one attached hydrogen (secondary N) is 1. The summed E-state index contributed by atoms with van der Waals surface area (Å²) in [4.78, 5) is 28.0. The van der Waals surface area contributed by atoms with Crippen molar-refractivity contribution in [2.75, 3.05) is 11.4 Å². The van der Waals surface area contributed by atoms with E-state index in [4.69, 9.17) is 5.73 Å². The lowest BCUT2D eigenvalue weighted by atomic mass is 10.1. The molecule has 0 radical (unpaired) electrons. The van der Waals surface area contributed by atoms with Crippen molar-refractivity contribution in [2.24, 2.45) is 5.73 Å². The van der Waals surface area contributed by atoms with Crippen LogP contribution in [0.4, 0.5) is 5.69 Å². The van der Waals surface area contributed by atoms with E-state index in [-0.39, 0.29) is 11.7 Å². The largest absolute Gasteiger partial charge is 0.477 e. The van der Waals surface area contributed by atoms with Gasteiger partial charge < -0.3 is 20.7 Å². The van der Waals surface area contributed by atoms with Gasteiger partial charge in [0.2, 0.25) is 0 Å². The summed E-state index contributed by atoms with van der Waals surface area (Å²) in [6.07, 6.45) is 1.43. The van der Waals surface area contributed by atoms with Crippen LogP contribution in [0.3, 0.4) is 0 Å². The molecule has 1 aliphatic heterocycles. The van der Waals surface area contributed by atoms with E-state index in [9.17, 15) is 14.7 Å². The summed E-state index contributed by atoms with van der Waals surface area (Å²) in [5, 5.41) is 10.1. The molecule has 6 heteroatoms. The van der Waals surface area contributed by atoms with E-state index in [0.717, 1.165) is 12.8 Å². The van der Waals surface area contributed by atoms with Crippen molar-refractivity contribution in [3.05, 3.63) is 40.2 Å². The fourth-order valence-corrected chi connectivity index (χ4v) is 2.79. The summed E-state index contributed by atoms with van der Waals surface area (Å²) < 4.78 is 0. The van der Waals surface area contributed by atoms with Crippen LogP contribution in [0.2, 0.25) is 0 Å². The molecule has 0 bridgehead atoms. The van der Waals surface area contributed by atoms with Gasteiger partial charge in [-0.2, -0.15) is 0 Å². The zero-order valence-corrected chi connectivity index (χ0v) is 10.8. The van der Waals surface area contributed by atoms with E-state index in [0.29, 0.717) is 23.1 Å². The zero-order valence-electron chi connectivity index (χ0n) is 10.8. The number of hydrogen-bond acceptors (Lipinski definition) is 4. The molecule has 0 spiro atoms. The lowest BCUT2D eigenvalue weighted by Gasteiger charge is -2.26. The SMILES string of the molecule is NC1CCCN1c1c(C(=O)O)c(=O)[nH]c2ccccc12. The van der Waals surface area contributed by atoms with E-state index >= 15 is 0 Å². The Hall–Kier alpha value is -2.34. The minimum absolute atomic E-state index is 0.235. The lowest BCUT2D eigenvalue weighted by molar-refractivity contribution is 0.0696. The molecule has 0 saturated carbocycles. The summed E-state index contributed by atoms with van der Waals surface area (Å²) >= 11 is 0. The zero-order chi connectivity index (χ0) is 14.3. The van der Waals surface area contributed by atoms with Crippen molar-refractivity contribution in [3.8, 4) is 0 Å². The van der Waals surface area contributed by atoms with Crippen LogP contribution < -0.4 is 16.2 Å². The van der Waals surface area contributed by atoms with Crippen LogP contribution >= 0.6 is 0 Å². The Balaban J connectivity index is 2.38. The molecule has 1 aliphatic rings. The molecule has 0 amide bonds. The Kier molecular flexibility index (Phi) is 2.94. The number of para-hydroxylation sites is 1. The monoisotopic (exact) mass is 273 g/mol. The molecule has 1 unspecified atom stereocenters. The molecule has 104 valence electrons. The fourth-order valence-electron chi connectivity index (χ4n) is 2.79. The van der Waals surface area contributed by atoms with Gasteiger partial charge in [0.25, 0.3) is 5.56 Å². The molecule has 1 atom stereocenters. The first-order valence-corrected chi connectivity index (χ1v) is 6.50. The molecule has 4 N–H and O–H groups in total. The maximum absolute atomic E-state index is 12.1. The first kappa shape index (κ1) is 12.7. The quantitative estimate of drug-likeness (QED) is 0.761. The number of hydrogen-bond donors (Lipinski definition) is 3. The van der Waals surface area contributed by atoms with Gasteiger partial charge in [0.15, 0.2) is 0 Å². The van der Waals surface area contributed by atoms with Gasteiger partial charge >= 0.3 is 5.97 Å². The van der Waals surface area contributed by atoms with Crippen molar-refractivity contribution in [1.29, 1.82) is 0 Å². The van der Waals surface area contributed by atoms with Crippen molar-refractivity contribution >= 4 is 22.6 Å². The van der Waals surface area contributed by atoms with Gasteiger partial charge in [0.05, 0.1) is 17.4 Å². The van der Waals surface area contributed by atoms with Crippen LogP contribution in [0.1, 0.15) is 23.2 Å². The minimum Gasteiger partial charge on any atom is -0.477 e. The van der Waals surface area contributed by atoms with Crippen LogP contribution in [0.25, 0.3) is 10.9 Å². The smallest absolute Gasteiger partial charge is 0.343 e.